The van der Waals surface area contributed by atoms with E-state index < -0.39 is 12.2 Å². The molecule has 4 heteroatoms. The van der Waals surface area contributed by atoms with Crippen molar-refractivity contribution in [1.29, 1.82) is 0 Å². The number of halogens is 3. The molecular weight excluding hydrogens is 239 g/mol. The number of nitrogens with one attached hydrogen (secondary N) is 1. The van der Waals surface area contributed by atoms with Crippen LogP contribution in [0, 0.1) is 0 Å². The van der Waals surface area contributed by atoms with E-state index in [1.807, 2.05) is 18.2 Å². The van der Waals surface area contributed by atoms with Gasteiger partial charge in [-0.15, -0.1) is 0 Å². The van der Waals surface area contributed by atoms with Crippen LogP contribution in [0.4, 0.5) is 13.2 Å². The molecule has 0 aliphatic carbocycles. The molecule has 0 fully saturated rings. The summed E-state index contributed by atoms with van der Waals surface area (Å²) in [7, 11) is 0. The molecule has 1 N–H and O–H groups in total. The normalized spacial score (nSPS) is 20.7. The predicted octanol–water partition coefficient (Wildman–Crippen LogP) is 3.56. The van der Waals surface area contributed by atoms with Crippen molar-refractivity contribution in [3.8, 4) is 0 Å². The van der Waals surface area contributed by atoms with Gasteiger partial charge in [0.1, 0.15) is 6.04 Å². The summed E-state index contributed by atoms with van der Waals surface area (Å²) in [4.78, 5) is 0. The Morgan fingerprint density at radius 1 is 1.11 bits per heavy atom. The molecule has 0 radical (unpaired) electrons. The maximum absolute atomic E-state index is 12.6. The first-order valence-corrected chi connectivity index (χ1v) is 6.10. The van der Waals surface area contributed by atoms with E-state index >= 15 is 0 Å². The van der Waals surface area contributed by atoms with Crippen LogP contribution in [0.2, 0.25) is 0 Å². The quantitative estimate of drug-likeness (QED) is 0.749. The van der Waals surface area contributed by atoms with Crippen molar-refractivity contribution in [1.82, 2.24) is 5.32 Å². The Hall–Kier alpha value is -1.03. The van der Waals surface area contributed by atoms with Crippen molar-refractivity contribution in [3.63, 3.8) is 0 Å². The molecule has 1 aliphatic rings. The zero-order valence-corrected chi connectivity index (χ0v) is 10.9. The monoisotopic (exact) mass is 257 g/mol. The van der Waals surface area contributed by atoms with E-state index in [1.54, 1.807) is 0 Å². The van der Waals surface area contributed by atoms with Crippen LogP contribution in [0.1, 0.15) is 37.5 Å². The second kappa shape index (κ2) is 4.26. The highest BCUT2D eigenvalue weighted by Crippen LogP contribution is 2.30. The third-order valence-corrected chi connectivity index (χ3v) is 3.43. The molecule has 1 aromatic carbocycles. The van der Waals surface area contributed by atoms with Crippen LogP contribution in [0.15, 0.2) is 18.2 Å². The van der Waals surface area contributed by atoms with Gasteiger partial charge in [0.05, 0.1) is 0 Å². The van der Waals surface area contributed by atoms with Crippen LogP contribution in [0.5, 0.6) is 0 Å². The number of fused-ring (bicyclic) bond motifs is 1. The largest absolute Gasteiger partial charge is 0.404 e. The zero-order chi connectivity index (χ0) is 13.6. The Morgan fingerprint density at radius 3 is 2.33 bits per heavy atom. The van der Waals surface area contributed by atoms with E-state index in [0.717, 1.165) is 16.7 Å². The van der Waals surface area contributed by atoms with Gasteiger partial charge in [0.2, 0.25) is 0 Å². The average molecular weight is 257 g/mol. The molecule has 1 heterocycles. The number of hydrogen-bond donors (Lipinski definition) is 1. The minimum Gasteiger partial charge on any atom is -0.302 e. The molecule has 0 aromatic heterocycles. The fourth-order valence-corrected chi connectivity index (χ4v) is 2.21. The van der Waals surface area contributed by atoms with E-state index in [1.165, 1.54) is 0 Å². The molecule has 0 spiro atoms. The van der Waals surface area contributed by atoms with Crippen molar-refractivity contribution >= 4 is 0 Å². The summed E-state index contributed by atoms with van der Waals surface area (Å²) < 4.78 is 37.9. The lowest BCUT2D eigenvalue weighted by atomic mass is 9.83. The number of hydrogen-bond acceptors (Lipinski definition) is 1. The Balaban J connectivity index is 2.27. The van der Waals surface area contributed by atoms with E-state index in [2.05, 4.69) is 26.1 Å². The Kier molecular flexibility index (Phi) is 3.18. The smallest absolute Gasteiger partial charge is 0.302 e. The lowest BCUT2D eigenvalue weighted by Gasteiger charge is -2.29. The highest BCUT2D eigenvalue weighted by atomic mass is 19.4. The number of benzene rings is 1. The average Bonchev–Trinajstić information content (AvgIpc) is 2.25. The Bertz CT molecular complexity index is 443. The van der Waals surface area contributed by atoms with Crippen molar-refractivity contribution in [2.24, 2.45) is 0 Å². The van der Waals surface area contributed by atoms with Gasteiger partial charge >= 0.3 is 6.18 Å². The molecule has 18 heavy (non-hydrogen) atoms. The van der Waals surface area contributed by atoms with Gasteiger partial charge < -0.3 is 5.32 Å². The molecule has 0 saturated carbocycles. The summed E-state index contributed by atoms with van der Waals surface area (Å²) >= 11 is 0. The number of alkyl halides is 3. The lowest BCUT2D eigenvalue weighted by molar-refractivity contribution is -0.157. The van der Waals surface area contributed by atoms with Crippen molar-refractivity contribution in [3.05, 3.63) is 34.9 Å². The standard InChI is InChI=1S/C14H18F3N/c1-13(2,3)11-5-4-9-7-12(14(15,16)17)18-8-10(9)6-11/h4-6,12,18H,7-8H2,1-3H3. The van der Waals surface area contributed by atoms with E-state index in [0.29, 0.717) is 6.54 Å². The molecule has 0 saturated heterocycles. The molecule has 1 unspecified atom stereocenters. The van der Waals surface area contributed by atoms with Gasteiger partial charge in [-0.2, -0.15) is 13.2 Å². The minimum atomic E-state index is -4.17. The van der Waals surface area contributed by atoms with Gasteiger partial charge in [-0.1, -0.05) is 39.0 Å². The predicted molar refractivity (Wildman–Crippen MR) is 65.5 cm³/mol. The maximum Gasteiger partial charge on any atom is 0.404 e. The summed E-state index contributed by atoms with van der Waals surface area (Å²) in [5.74, 6) is 0. The molecule has 2 rings (SSSR count). The third kappa shape index (κ3) is 2.69. The van der Waals surface area contributed by atoms with E-state index in [9.17, 15) is 13.2 Å². The van der Waals surface area contributed by atoms with Crippen LogP contribution >= 0.6 is 0 Å². The third-order valence-electron chi connectivity index (χ3n) is 3.43. The fourth-order valence-electron chi connectivity index (χ4n) is 2.21. The molecule has 1 nitrogen and oxygen atoms in total. The summed E-state index contributed by atoms with van der Waals surface area (Å²) in [5, 5.41) is 2.57. The second-order valence-corrected chi connectivity index (χ2v) is 5.91. The Morgan fingerprint density at radius 2 is 1.78 bits per heavy atom. The van der Waals surface area contributed by atoms with Gasteiger partial charge in [-0.05, 0) is 28.5 Å². The van der Waals surface area contributed by atoms with Crippen molar-refractivity contribution < 1.29 is 13.2 Å². The minimum absolute atomic E-state index is 0.0237. The van der Waals surface area contributed by atoms with Crippen molar-refractivity contribution in [2.75, 3.05) is 0 Å². The second-order valence-electron chi connectivity index (χ2n) is 5.91. The first-order chi connectivity index (χ1) is 8.18. The lowest BCUT2D eigenvalue weighted by Crippen LogP contribution is -2.46. The summed E-state index contributed by atoms with van der Waals surface area (Å²) in [5.41, 5.74) is 2.98. The van der Waals surface area contributed by atoms with Gasteiger partial charge in [0.15, 0.2) is 0 Å². The molecular formula is C14H18F3N. The molecule has 0 bridgehead atoms. The topological polar surface area (TPSA) is 12.0 Å². The molecule has 1 aliphatic heterocycles. The molecule has 0 amide bonds. The van der Waals surface area contributed by atoms with Crippen LogP contribution in [-0.2, 0) is 18.4 Å². The zero-order valence-electron chi connectivity index (χ0n) is 10.9. The first kappa shape index (κ1) is 13.4. The molecule has 100 valence electrons. The van der Waals surface area contributed by atoms with Crippen molar-refractivity contribution in [2.45, 2.75) is 51.4 Å². The Labute approximate surface area is 105 Å². The molecule has 1 atom stereocenters. The van der Waals surface area contributed by atoms with Crippen LogP contribution < -0.4 is 5.32 Å². The highest BCUT2D eigenvalue weighted by Gasteiger charge is 2.41. The number of rotatable bonds is 0. The van der Waals surface area contributed by atoms with Crippen LogP contribution in [-0.4, -0.2) is 12.2 Å². The maximum atomic E-state index is 12.6. The first-order valence-electron chi connectivity index (χ1n) is 6.10. The molecule has 1 aromatic rings. The van der Waals surface area contributed by atoms with Gasteiger partial charge in [-0.3, -0.25) is 0 Å². The van der Waals surface area contributed by atoms with Crippen LogP contribution in [0.3, 0.4) is 0 Å². The summed E-state index contributed by atoms with van der Waals surface area (Å²) in [6.45, 7) is 6.60. The van der Waals surface area contributed by atoms with Gasteiger partial charge in [-0.25, -0.2) is 0 Å². The van der Waals surface area contributed by atoms with E-state index in [4.69, 9.17) is 0 Å². The SMILES string of the molecule is CC(C)(C)c1ccc2c(c1)CNC(C(F)(F)F)C2. The van der Waals surface area contributed by atoms with Gasteiger partial charge in [0.25, 0.3) is 0 Å². The van der Waals surface area contributed by atoms with Crippen LogP contribution in [0.25, 0.3) is 0 Å². The van der Waals surface area contributed by atoms with E-state index in [-0.39, 0.29) is 11.8 Å². The van der Waals surface area contributed by atoms with Gasteiger partial charge in [0, 0.05) is 6.54 Å². The summed E-state index contributed by atoms with van der Waals surface area (Å²) in [6, 6.07) is 4.40. The fraction of sp³-hybridized carbons (Fsp3) is 0.571. The highest BCUT2D eigenvalue weighted by molar-refractivity contribution is 5.37. The summed E-state index contributed by atoms with van der Waals surface area (Å²) in [6.07, 6.45) is -4.14.